The van der Waals surface area contributed by atoms with Crippen molar-refractivity contribution < 1.29 is 9.53 Å². The molecule has 1 atom stereocenters. The van der Waals surface area contributed by atoms with Crippen LogP contribution >= 0.6 is 0 Å². The van der Waals surface area contributed by atoms with Crippen LogP contribution < -0.4 is 10.1 Å². The molecule has 23 heavy (non-hydrogen) atoms. The maximum atomic E-state index is 12.2. The van der Waals surface area contributed by atoms with E-state index in [4.69, 9.17) is 11.2 Å². The number of rotatable bonds is 6. The van der Waals surface area contributed by atoms with Crippen LogP contribution in [0.1, 0.15) is 36.8 Å². The zero-order chi connectivity index (χ0) is 16.3. The molecule has 2 aliphatic rings. The number of carbonyl (C=O) groups excluding carboxylic acids is 1. The lowest BCUT2D eigenvalue weighted by atomic mass is 9.97. The van der Waals surface area contributed by atoms with Crippen molar-refractivity contribution in [2.75, 3.05) is 6.61 Å². The van der Waals surface area contributed by atoms with Crippen molar-refractivity contribution in [1.29, 1.82) is 0 Å². The fourth-order valence-corrected chi connectivity index (χ4v) is 2.94. The summed E-state index contributed by atoms with van der Waals surface area (Å²) in [5.41, 5.74) is 1.99. The highest BCUT2D eigenvalue weighted by molar-refractivity contribution is 5.76. The number of nitrogens with zero attached hydrogens (tertiary/aromatic N) is 2. The Labute approximate surface area is 136 Å². The lowest BCUT2D eigenvalue weighted by Crippen LogP contribution is -2.43. The van der Waals surface area contributed by atoms with Gasteiger partial charge in [-0.15, -0.1) is 12.3 Å². The van der Waals surface area contributed by atoms with E-state index < -0.39 is 5.66 Å². The first-order valence-electron chi connectivity index (χ1n) is 8.00. The van der Waals surface area contributed by atoms with Gasteiger partial charge >= 0.3 is 0 Å². The third-order valence-electron chi connectivity index (χ3n) is 4.43. The zero-order valence-corrected chi connectivity index (χ0v) is 13.3. The number of benzene rings is 1. The van der Waals surface area contributed by atoms with Crippen molar-refractivity contribution in [2.45, 2.75) is 50.7 Å². The normalized spacial score (nSPS) is 20.1. The van der Waals surface area contributed by atoms with E-state index in [9.17, 15) is 4.79 Å². The maximum absolute atomic E-state index is 12.2. The third kappa shape index (κ3) is 3.70. The number of amides is 1. The fraction of sp³-hybridized carbons (Fsp3) is 0.500. The lowest BCUT2D eigenvalue weighted by molar-refractivity contribution is -0.122. The van der Waals surface area contributed by atoms with Crippen molar-refractivity contribution in [3.05, 3.63) is 29.3 Å². The van der Waals surface area contributed by atoms with E-state index in [1.165, 1.54) is 11.1 Å². The van der Waals surface area contributed by atoms with Crippen LogP contribution in [-0.2, 0) is 11.2 Å². The molecule has 0 saturated heterocycles. The van der Waals surface area contributed by atoms with Crippen LogP contribution in [0.2, 0.25) is 0 Å². The molecule has 0 radical (unpaired) electrons. The van der Waals surface area contributed by atoms with E-state index in [1.807, 2.05) is 12.1 Å². The molecule has 0 spiro atoms. The van der Waals surface area contributed by atoms with E-state index >= 15 is 0 Å². The summed E-state index contributed by atoms with van der Waals surface area (Å²) in [7, 11) is 0. The average Bonchev–Trinajstić information content (AvgIpc) is 3.32. The first-order chi connectivity index (χ1) is 11.1. The van der Waals surface area contributed by atoms with Gasteiger partial charge in [-0.3, -0.25) is 4.79 Å². The van der Waals surface area contributed by atoms with Crippen LogP contribution in [0.25, 0.3) is 0 Å². The number of hydrogen-bond donors (Lipinski definition) is 1. The van der Waals surface area contributed by atoms with Crippen molar-refractivity contribution >= 4 is 5.91 Å². The Hall–Kier alpha value is -2.35. The minimum Gasteiger partial charge on any atom is -0.491 e. The second kappa shape index (κ2) is 6.41. The minimum absolute atomic E-state index is 0.0193. The van der Waals surface area contributed by atoms with Gasteiger partial charge in [0.15, 0.2) is 5.66 Å². The molecule has 0 bridgehead atoms. The molecule has 2 aliphatic heterocycles. The van der Waals surface area contributed by atoms with E-state index in [0.717, 1.165) is 18.6 Å². The number of aryl methyl sites for hydroxylation is 1. The van der Waals surface area contributed by atoms with Gasteiger partial charge in [0.25, 0.3) is 0 Å². The van der Waals surface area contributed by atoms with E-state index in [1.54, 1.807) is 0 Å². The highest BCUT2D eigenvalue weighted by atomic mass is 16.5. The molecule has 5 nitrogen and oxygen atoms in total. The smallest absolute Gasteiger partial charge is 0.220 e. The molecule has 0 saturated carbocycles. The molecule has 2 heterocycles. The summed E-state index contributed by atoms with van der Waals surface area (Å²) in [4.78, 5) is 12.2. The molecule has 120 valence electrons. The lowest BCUT2D eigenvalue weighted by Gasteiger charge is -2.27. The van der Waals surface area contributed by atoms with Gasteiger partial charge in [-0.1, -0.05) is 12.1 Å². The van der Waals surface area contributed by atoms with Gasteiger partial charge in [0, 0.05) is 25.7 Å². The molecule has 1 unspecified atom stereocenters. The van der Waals surface area contributed by atoms with Crippen LogP contribution in [-0.4, -0.2) is 24.2 Å². The van der Waals surface area contributed by atoms with Gasteiger partial charge in [-0.2, -0.15) is 10.2 Å². The molecule has 0 fully saturated rings. The summed E-state index contributed by atoms with van der Waals surface area (Å²) in [5.74, 6) is 3.55. The molecular weight excluding hydrogens is 290 g/mol. The summed E-state index contributed by atoms with van der Waals surface area (Å²) in [6.45, 7) is 2.58. The van der Waals surface area contributed by atoms with E-state index in [2.05, 4.69) is 34.5 Å². The van der Waals surface area contributed by atoms with Crippen LogP contribution in [0.3, 0.4) is 0 Å². The molecule has 1 amide bonds. The maximum Gasteiger partial charge on any atom is 0.220 e. The van der Waals surface area contributed by atoms with Crippen LogP contribution in [0.15, 0.2) is 28.4 Å². The molecule has 1 aromatic rings. The summed E-state index contributed by atoms with van der Waals surface area (Å²) in [5, 5.41) is 11.2. The first-order valence-corrected chi connectivity index (χ1v) is 8.00. The Morgan fingerprint density at radius 2 is 2.30 bits per heavy atom. The highest BCUT2D eigenvalue weighted by Gasteiger charge is 2.39. The second-order valence-corrected chi connectivity index (χ2v) is 6.22. The Morgan fingerprint density at radius 3 is 3.04 bits per heavy atom. The van der Waals surface area contributed by atoms with Crippen LogP contribution in [0, 0.1) is 19.3 Å². The van der Waals surface area contributed by atoms with Gasteiger partial charge < -0.3 is 10.1 Å². The molecule has 0 aliphatic carbocycles. The zero-order valence-electron chi connectivity index (χ0n) is 13.3. The Balaban J connectivity index is 1.48. The Bertz CT molecular complexity index is 669. The molecular formula is C18H21N3O2. The number of ether oxygens (including phenoxy) is 1. The number of nitrogens with one attached hydrogen (secondary N) is 1. The van der Waals surface area contributed by atoms with E-state index in [0.29, 0.717) is 25.9 Å². The predicted octanol–water partition coefficient (Wildman–Crippen LogP) is 2.77. The minimum atomic E-state index is -0.393. The van der Waals surface area contributed by atoms with Crippen molar-refractivity contribution in [3.8, 4) is 18.1 Å². The predicted molar refractivity (Wildman–Crippen MR) is 87.2 cm³/mol. The van der Waals surface area contributed by atoms with Crippen molar-refractivity contribution in [3.63, 3.8) is 0 Å². The fourth-order valence-electron chi connectivity index (χ4n) is 2.94. The topological polar surface area (TPSA) is 63.0 Å². The number of hydrogen-bond acceptors (Lipinski definition) is 4. The van der Waals surface area contributed by atoms with Gasteiger partial charge in [0.1, 0.15) is 12.4 Å². The highest BCUT2D eigenvalue weighted by Crippen LogP contribution is 2.37. The molecule has 5 heteroatoms. The molecule has 1 N–H and O–H groups in total. The van der Waals surface area contributed by atoms with Gasteiger partial charge in [-0.05, 0) is 30.5 Å². The largest absolute Gasteiger partial charge is 0.491 e. The first kappa shape index (κ1) is 15.5. The van der Waals surface area contributed by atoms with Crippen molar-refractivity contribution in [2.24, 2.45) is 10.2 Å². The standard InChI is InChI=1S/C18H21N3O2/c1-3-4-9-18(20-21-18)10-8-17(22)19-14-11-15-13(2)6-5-7-16(15)23-12-14/h1,5-7,14H,4,8-12H2,2H3,(H,19,22). The van der Waals surface area contributed by atoms with Crippen LogP contribution in [0.5, 0.6) is 5.75 Å². The molecule has 3 rings (SSSR count). The summed E-state index contributed by atoms with van der Waals surface area (Å²) in [6.07, 6.45) is 8.49. The molecule has 1 aromatic carbocycles. The van der Waals surface area contributed by atoms with Gasteiger partial charge in [0.05, 0.1) is 6.04 Å². The van der Waals surface area contributed by atoms with Crippen LogP contribution in [0.4, 0.5) is 0 Å². The quantitative estimate of drug-likeness (QED) is 0.821. The average molecular weight is 311 g/mol. The molecule has 0 aromatic heterocycles. The number of fused-ring (bicyclic) bond motifs is 1. The third-order valence-corrected chi connectivity index (χ3v) is 4.43. The monoisotopic (exact) mass is 311 g/mol. The Kier molecular flexibility index (Phi) is 4.33. The second-order valence-electron chi connectivity index (χ2n) is 6.22. The number of carbonyl (C=O) groups is 1. The summed E-state index contributed by atoms with van der Waals surface area (Å²) in [6, 6.07) is 6.06. The van der Waals surface area contributed by atoms with E-state index in [-0.39, 0.29) is 11.9 Å². The van der Waals surface area contributed by atoms with Gasteiger partial charge in [-0.25, -0.2) is 0 Å². The summed E-state index contributed by atoms with van der Waals surface area (Å²) >= 11 is 0. The Morgan fingerprint density at radius 1 is 1.48 bits per heavy atom. The van der Waals surface area contributed by atoms with Crippen molar-refractivity contribution in [1.82, 2.24) is 5.32 Å². The SMILES string of the molecule is C#CCCC1(CCC(=O)NC2COc3cccc(C)c3C2)N=N1. The summed E-state index contributed by atoms with van der Waals surface area (Å²) < 4.78 is 5.75. The van der Waals surface area contributed by atoms with Gasteiger partial charge in [0.2, 0.25) is 5.91 Å². The number of terminal acetylenes is 1.